The molecule has 0 saturated heterocycles. The Morgan fingerprint density at radius 1 is 0.236 bits per heavy atom. The monoisotopic (exact) mass is 913 g/mol. The number of anilines is 3. The molecule has 0 N–H and O–H groups in total. The molecule has 0 atom stereocenters. The summed E-state index contributed by atoms with van der Waals surface area (Å²) in [6, 6.07) is 106. The number of benzene rings is 13. The summed E-state index contributed by atoms with van der Waals surface area (Å²) in [5, 5.41) is 9.93. The Labute approximate surface area is 420 Å². The maximum Gasteiger partial charge on any atom is 0.0714 e. The van der Waals surface area contributed by atoms with Gasteiger partial charge in [0, 0.05) is 17.1 Å². The minimum Gasteiger partial charge on any atom is -0.310 e. The normalized spacial score (nSPS) is 12.6. The van der Waals surface area contributed by atoms with Gasteiger partial charge in [0.1, 0.15) is 0 Å². The van der Waals surface area contributed by atoms with Gasteiger partial charge in [-0.1, -0.05) is 243 Å². The molecule has 0 heterocycles. The maximum absolute atomic E-state index is 2.48. The third kappa shape index (κ3) is 6.55. The molecule has 13 aromatic rings. The van der Waals surface area contributed by atoms with E-state index in [1.807, 2.05) is 0 Å². The standard InChI is InChI=1S/C71H47N/c1-5-21-49(22-6-1)69-65-34-16-15-32-61(65)62-41-38-52(46-66(62)70(69)50-23-7-2-8-24-50)51-25-19-30-56(44-51)72(57-39-42-60-53(45-57)37-36-48-20-13-14-31-59(48)60)58-40-43-64-63-33-17-18-35-67(63)71(68(64)47-58,54-26-9-3-10-27-54)55-28-11-4-12-29-55/h1-47H. The summed E-state index contributed by atoms with van der Waals surface area (Å²) in [6.07, 6.45) is 0. The molecule has 0 aromatic heterocycles. The van der Waals surface area contributed by atoms with Crippen molar-refractivity contribution in [2.45, 2.75) is 5.41 Å². The molecule has 1 nitrogen and oxygen atoms in total. The molecule has 0 amide bonds. The van der Waals surface area contributed by atoms with Gasteiger partial charge in [-0.15, -0.1) is 0 Å². The highest BCUT2D eigenvalue weighted by Gasteiger charge is 2.46. The van der Waals surface area contributed by atoms with Crippen molar-refractivity contribution in [1.82, 2.24) is 0 Å². The lowest BCUT2D eigenvalue weighted by Crippen LogP contribution is -2.28. The SMILES string of the molecule is c1ccc(-c2c(-c3ccccc3)c3cc(-c4cccc(N(c5ccc6c(c5)C(c5ccccc5)(c5ccccc5)c5ccccc5-6)c5ccc6c(ccc7ccccc76)c5)c4)ccc3c3ccccc23)cc1. The summed E-state index contributed by atoms with van der Waals surface area (Å²) in [6.45, 7) is 0. The van der Waals surface area contributed by atoms with Gasteiger partial charge in [0.05, 0.1) is 5.41 Å². The van der Waals surface area contributed by atoms with Crippen LogP contribution >= 0.6 is 0 Å². The van der Waals surface area contributed by atoms with Crippen LogP contribution < -0.4 is 4.90 Å². The predicted molar refractivity (Wildman–Crippen MR) is 305 cm³/mol. The molecular formula is C71H47N. The van der Waals surface area contributed by atoms with Crippen LogP contribution in [0.3, 0.4) is 0 Å². The van der Waals surface area contributed by atoms with Crippen molar-refractivity contribution in [2.75, 3.05) is 4.90 Å². The molecule has 0 aliphatic heterocycles. The van der Waals surface area contributed by atoms with E-state index in [1.54, 1.807) is 0 Å². The van der Waals surface area contributed by atoms with E-state index in [1.165, 1.54) is 98.7 Å². The molecule has 0 unspecified atom stereocenters. The number of nitrogens with zero attached hydrogens (tertiary/aromatic N) is 1. The van der Waals surface area contributed by atoms with Crippen LogP contribution in [0.25, 0.3) is 87.6 Å². The molecule has 1 aliphatic rings. The summed E-state index contributed by atoms with van der Waals surface area (Å²) in [5.41, 5.74) is 17.6. The first kappa shape index (κ1) is 41.7. The van der Waals surface area contributed by atoms with E-state index in [2.05, 4.69) is 290 Å². The van der Waals surface area contributed by atoms with Crippen LogP contribution in [-0.2, 0) is 5.41 Å². The number of hydrogen-bond donors (Lipinski definition) is 0. The molecule has 14 rings (SSSR count). The largest absolute Gasteiger partial charge is 0.310 e. The molecule has 1 aliphatic carbocycles. The quantitative estimate of drug-likeness (QED) is 0.137. The summed E-state index contributed by atoms with van der Waals surface area (Å²) in [4.78, 5) is 2.47. The summed E-state index contributed by atoms with van der Waals surface area (Å²) < 4.78 is 0. The molecule has 72 heavy (non-hydrogen) atoms. The second kappa shape index (κ2) is 17.0. The van der Waals surface area contributed by atoms with Crippen molar-refractivity contribution >= 4 is 60.2 Å². The van der Waals surface area contributed by atoms with Gasteiger partial charge in [-0.3, -0.25) is 0 Å². The lowest BCUT2D eigenvalue weighted by atomic mass is 9.67. The zero-order valence-electron chi connectivity index (χ0n) is 39.6. The van der Waals surface area contributed by atoms with Gasteiger partial charge in [-0.2, -0.15) is 0 Å². The first-order valence-corrected chi connectivity index (χ1v) is 25.0. The van der Waals surface area contributed by atoms with Gasteiger partial charge in [0.15, 0.2) is 0 Å². The molecule has 0 spiro atoms. The molecule has 336 valence electrons. The highest BCUT2D eigenvalue weighted by molar-refractivity contribution is 6.22. The van der Waals surface area contributed by atoms with E-state index in [0.29, 0.717) is 0 Å². The average molecular weight is 914 g/mol. The van der Waals surface area contributed by atoms with Crippen molar-refractivity contribution in [2.24, 2.45) is 0 Å². The second-order valence-corrected chi connectivity index (χ2v) is 19.1. The van der Waals surface area contributed by atoms with E-state index in [9.17, 15) is 0 Å². The van der Waals surface area contributed by atoms with Crippen LogP contribution in [0.15, 0.2) is 285 Å². The van der Waals surface area contributed by atoms with Crippen molar-refractivity contribution < 1.29 is 0 Å². The second-order valence-electron chi connectivity index (χ2n) is 19.1. The van der Waals surface area contributed by atoms with Gasteiger partial charge in [-0.25, -0.2) is 0 Å². The van der Waals surface area contributed by atoms with Gasteiger partial charge >= 0.3 is 0 Å². The molecule has 0 fully saturated rings. The molecule has 1 heteroatoms. The van der Waals surface area contributed by atoms with E-state index in [-0.39, 0.29) is 0 Å². The predicted octanol–water partition coefficient (Wildman–Crippen LogP) is 19.1. The van der Waals surface area contributed by atoms with E-state index in [4.69, 9.17) is 0 Å². The summed E-state index contributed by atoms with van der Waals surface area (Å²) >= 11 is 0. The Balaban J connectivity index is 1.00. The van der Waals surface area contributed by atoms with Crippen LogP contribution in [0.1, 0.15) is 22.3 Å². The van der Waals surface area contributed by atoms with Crippen LogP contribution in [0.2, 0.25) is 0 Å². The van der Waals surface area contributed by atoms with Crippen molar-refractivity contribution in [3.63, 3.8) is 0 Å². The van der Waals surface area contributed by atoms with Crippen LogP contribution in [0.4, 0.5) is 17.1 Å². The highest BCUT2D eigenvalue weighted by Crippen LogP contribution is 2.57. The third-order valence-electron chi connectivity index (χ3n) is 15.3. The lowest BCUT2D eigenvalue weighted by Gasteiger charge is -2.35. The van der Waals surface area contributed by atoms with Crippen molar-refractivity contribution in [3.05, 3.63) is 307 Å². The van der Waals surface area contributed by atoms with Gasteiger partial charge in [0.2, 0.25) is 0 Å². The van der Waals surface area contributed by atoms with Crippen molar-refractivity contribution in [3.8, 4) is 44.5 Å². The first-order valence-electron chi connectivity index (χ1n) is 25.0. The van der Waals surface area contributed by atoms with Gasteiger partial charge in [-0.05, 0) is 152 Å². The van der Waals surface area contributed by atoms with Crippen LogP contribution in [0.5, 0.6) is 0 Å². The molecule has 13 aromatic carbocycles. The maximum atomic E-state index is 2.48. The Morgan fingerprint density at radius 2 is 0.722 bits per heavy atom. The zero-order valence-corrected chi connectivity index (χ0v) is 39.6. The Hall–Kier alpha value is -9.30. The molecular weight excluding hydrogens is 867 g/mol. The zero-order chi connectivity index (χ0) is 47.6. The Bertz CT molecular complexity index is 4160. The molecule has 0 bridgehead atoms. The molecule has 0 saturated carbocycles. The summed E-state index contributed by atoms with van der Waals surface area (Å²) in [5.74, 6) is 0. The van der Waals surface area contributed by atoms with Crippen LogP contribution in [-0.4, -0.2) is 0 Å². The lowest BCUT2D eigenvalue weighted by molar-refractivity contribution is 0.768. The fraction of sp³-hybridized carbons (Fsp3) is 0.0141. The number of rotatable bonds is 8. The Kier molecular flexibility index (Phi) is 9.82. The van der Waals surface area contributed by atoms with Crippen molar-refractivity contribution in [1.29, 1.82) is 0 Å². The van der Waals surface area contributed by atoms with E-state index < -0.39 is 5.41 Å². The first-order chi connectivity index (χ1) is 35.7. The van der Waals surface area contributed by atoms with Crippen LogP contribution in [0, 0.1) is 0 Å². The van der Waals surface area contributed by atoms with E-state index >= 15 is 0 Å². The minimum absolute atomic E-state index is 0.537. The highest BCUT2D eigenvalue weighted by atomic mass is 15.1. The summed E-state index contributed by atoms with van der Waals surface area (Å²) in [7, 11) is 0. The fourth-order valence-electron chi connectivity index (χ4n) is 12.2. The topological polar surface area (TPSA) is 3.24 Å². The molecule has 0 radical (unpaired) electrons. The number of hydrogen-bond acceptors (Lipinski definition) is 1. The minimum atomic E-state index is -0.537. The Morgan fingerprint density at radius 3 is 1.46 bits per heavy atom. The fourth-order valence-corrected chi connectivity index (χ4v) is 12.2. The van der Waals surface area contributed by atoms with E-state index in [0.717, 1.165) is 28.2 Å². The van der Waals surface area contributed by atoms with Gasteiger partial charge in [0.25, 0.3) is 0 Å². The smallest absolute Gasteiger partial charge is 0.0714 e. The van der Waals surface area contributed by atoms with Gasteiger partial charge < -0.3 is 4.90 Å². The number of fused-ring (bicyclic) bond motifs is 9. The third-order valence-corrected chi connectivity index (χ3v) is 15.3. The average Bonchev–Trinajstić information content (AvgIpc) is 3.76.